The summed E-state index contributed by atoms with van der Waals surface area (Å²) in [5.74, 6) is 0. The maximum Gasteiger partial charge on any atom is -0.00990 e. The summed E-state index contributed by atoms with van der Waals surface area (Å²) in [7, 11) is 0. The van der Waals surface area contributed by atoms with E-state index in [1.165, 1.54) is 32.7 Å². The van der Waals surface area contributed by atoms with Gasteiger partial charge in [0.15, 0.2) is 0 Å². The molecule has 0 heteroatoms. The van der Waals surface area contributed by atoms with Gasteiger partial charge >= 0.3 is 0 Å². The molecule has 0 aliphatic rings. The summed E-state index contributed by atoms with van der Waals surface area (Å²) < 4.78 is 0. The highest BCUT2D eigenvalue weighted by Gasteiger charge is 2.09. The Balaban J connectivity index is 2.06. The molecule has 22 heavy (non-hydrogen) atoms. The lowest BCUT2D eigenvalue weighted by Crippen LogP contribution is -1.89. The summed E-state index contributed by atoms with van der Waals surface area (Å²) in [6.07, 6.45) is 0. The van der Waals surface area contributed by atoms with Crippen LogP contribution in [0.4, 0.5) is 0 Å². The van der Waals surface area contributed by atoms with E-state index in [1.54, 1.807) is 0 Å². The molecule has 0 aliphatic carbocycles. The highest BCUT2D eigenvalue weighted by molar-refractivity contribution is 6.12. The van der Waals surface area contributed by atoms with Crippen molar-refractivity contribution in [2.24, 2.45) is 0 Å². The number of benzene rings is 4. The SMILES string of the molecule is C=C(c1ccccc1)c1cc2ccccc2c2ccccc12. The van der Waals surface area contributed by atoms with Gasteiger partial charge in [0.25, 0.3) is 0 Å². The Hall–Kier alpha value is -2.86. The fraction of sp³-hybridized carbons (Fsp3) is 0. The van der Waals surface area contributed by atoms with Crippen molar-refractivity contribution in [3.05, 3.63) is 103 Å². The third kappa shape index (κ3) is 2.01. The highest BCUT2D eigenvalue weighted by atomic mass is 14.1. The number of fused-ring (bicyclic) bond motifs is 3. The Morgan fingerprint density at radius 1 is 0.591 bits per heavy atom. The zero-order valence-electron chi connectivity index (χ0n) is 12.3. The lowest BCUT2D eigenvalue weighted by molar-refractivity contribution is 1.60. The van der Waals surface area contributed by atoms with Gasteiger partial charge < -0.3 is 0 Å². The Morgan fingerprint density at radius 2 is 1.18 bits per heavy atom. The van der Waals surface area contributed by atoms with Crippen LogP contribution in [-0.2, 0) is 0 Å². The Kier molecular flexibility index (Phi) is 3.01. The van der Waals surface area contributed by atoms with E-state index in [0.717, 1.165) is 5.57 Å². The maximum atomic E-state index is 4.35. The second-order valence-electron chi connectivity index (χ2n) is 5.54. The van der Waals surface area contributed by atoms with Crippen molar-refractivity contribution in [1.82, 2.24) is 0 Å². The van der Waals surface area contributed by atoms with E-state index >= 15 is 0 Å². The molecule has 0 amide bonds. The maximum absolute atomic E-state index is 4.35. The van der Waals surface area contributed by atoms with Crippen molar-refractivity contribution < 1.29 is 0 Å². The molecule has 0 nitrogen and oxygen atoms in total. The van der Waals surface area contributed by atoms with Crippen molar-refractivity contribution in [3.63, 3.8) is 0 Å². The van der Waals surface area contributed by atoms with Crippen LogP contribution in [0.15, 0.2) is 91.5 Å². The molecule has 0 spiro atoms. The lowest BCUT2D eigenvalue weighted by atomic mass is 9.91. The molecule has 0 aliphatic heterocycles. The molecule has 0 saturated carbocycles. The zero-order valence-corrected chi connectivity index (χ0v) is 12.3. The molecular formula is C22H16. The standard InChI is InChI=1S/C22H16/c1-16(17-9-3-2-4-10-17)22-15-18-11-5-6-12-19(18)20-13-7-8-14-21(20)22/h2-15H,1H2. The van der Waals surface area contributed by atoms with Crippen LogP contribution in [-0.4, -0.2) is 0 Å². The topological polar surface area (TPSA) is 0 Å². The second kappa shape index (κ2) is 5.16. The van der Waals surface area contributed by atoms with Crippen molar-refractivity contribution >= 4 is 27.1 Å². The number of rotatable bonds is 2. The van der Waals surface area contributed by atoms with Gasteiger partial charge in [-0.15, -0.1) is 0 Å². The van der Waals surface area contributed by atoms with Crippen LogP contribution >= 0.6 is 0 Å². The normalized spacial score (nSPS) is 10.9. The average Bonchev–Trinajstić information content (AvgIpc) is 2.61. The van der Waals surface area contributed by atoms with Gasteiger partial charge in [-0.1, -0.05) is 85.4 Å². The Morgan fingerprint density at radius 3 is 1.95 bits per heavy atom. The molecule has 0 bridgehead atoms. The van der Waals surface area contributed by atoms with Gasteiger partial charge in [-0.25, -0.2) is 0 Å². The van der Waals surface area contributed by atoms with E-state index in [0.29, 0.717) is 0 Å². The van der Waals surface area contributed by atoms with Gasteiger partial charge in [-0.3, -0.25) is 0 Å². The average molecular weight is 280 g/mol. The first-order chi connectivity index (χ1) is 10.8. The Labute approximate surface area is 130 Å². The minimum Gasteiger partial charge on any atom is -0.0905 e. The predicted octanol–water partition coefficient (Wildman–Crippen LogP) is 6.05. The molecule has 0 radical (unpaired) electrons. The van der Waals surface area contributed by atoms with Crippen LogP contribution in [0.3, 0.4) is 0 Å². The molecule has 0 atom stereocenters. The summed E-state index contributed by atoms with van der Waals surface area (Å²) in [5, 5.41) is 5.10. The van der Waals surface area contributed by atoms with Gasteiger partial charge in [-0.05, 0) is 44.3 Å². The Bertz CT molecular complexity index is 978. The summed E-state index contributed by atoms with van der Waals surface area (Å²) in [6.45, 7) is 4.35. The molecule has 0 aromatic heterocycles. The molecule has 0 heterocycles. The third-order valence-corrected chi connectivity index (χ3v) is 4.22. The van der Waals surface area contributed by atoms with Crippen LogP contribution in [0.2, 0.25) is 0 Å². The van der Waals surface area contributed by atoms with E-state index in [4.69, 9.17) is 0 Å². The second-order valence-corrected chi connectivity index (χ2v) is 5.54. The zero-order chi connectivity index (χ0) is 14.9. The number of hydrogen-bond donors (Lipinski definition) is 0. The van der Waals surface area contributed by atoms with Crippen LogP contribution in [0.5, 0.6) is 0 Å². The fourth-order valence-corrected chi connectivity index (χ4v) is 3.10. The predicted molar refractivity (Wildman–Crippen MR) is 96.0 cm³/mol. The lowest BCUT2D eigenvalue weighted by Gasteiger charge is -2.13. The minimum atomic E-state index is 1.07. The summed E-state index contributed by atoms with van der Waals surface area (Å²) in [6, 6.07) is 29.8. The summed E-state index contributed by atoms with van der Waals surface area (Å²) >= 11 is 0. The minimum absolute atomic E-state index is 1.07. The summed E-state index contributed by atoms with van der Waals surface area (Å²) in [4.78, 5) is 0. The van der Waals surface area contributed by atoms with E-state index in [-0.39, 0.29) is 0 Å². The fourth-order valence-electron chi connectivity index (χ4n) is 3.10. The van der Waals surface area contributed by atoms with Gasteiger partial charge in [0.05, 0.1) is 0 Å². The van der Waals surface area contributed by atoms with E-state index in [2.05, 4.69) is 85.4 Å². The van der Waals surface area contributed by atoms with E-state index < -0.39 is 0 Å². The van der Waals surface area contributed by atoms with Crippen molar-refractivity contribution in [1.29, 1.82) is 0 Å². The van der Waals surface area contributed by atoms with Crippen molar-refractivity contribution in [2.45, 2.75) is 0 Å². The highest BCUT2D eigenvalue weighted by Crippen LogP contribution is 2.34. The van der Waals surface area contributed by atoms with Crippen LogP contribution in [0, 0.1) is 0 Å². The van der Waals surface area contributed by atoms with Crippen LogP contribution in [0.25, 0.3) is 27.1 Å². The van der Waals surface area contributed by atoms with Crippen LogP contribution in [0.1, 0.15) is 11.1 Å². The molecule has 0 unspecified atom stereocenters. The first kappa shape index (κ1) is 12.8. The van der Waals surface area contributed by atoms with Gasteiger partial charge in [0, 0.05) is 0 Å². The molecular weight excluding hydrogens is 264 g/mol. The molecule has 0 fully saturated rings. The quantitative estimate of drug-likeness (QED) is 0.392. The van der Waals surface area contributed by atoms with Gasteiger partial charge in [0.1, 0.15) is 0 Å². The van der Waals surface area contributed by atoms with E-state index in [1.807, 2.05) is 6.07 Å². The van der Waals surface area contributed by atoms with E-state index in [9.17, 15) is 0 Å². The molecule has 0 saturated heterocycles. The van der Waals surface area contributed by atoms with Gasteiger partial charge in [-0.2, -0.15) is 0 Å². The van der Waals surface area contributed by atoms with Crippen molar-refractivity contribution in [3.8, 4) is 0 Å². The first-order valence-electron chi connectivity index (χ1n) is 7.50. The molecule has 4 aromatic rings. The monoisotopic (exact) mass is 280 g/mol. The number of hydrogen-bond acceptors (Lipinski definition) is 0. The molecule has 104 valence electrons. The third-order valence-electron chi connectivity index (χ3n) is 4.22. The van der Waals surface area contributed by atoms with Crippen LogP contribution < -0.4 is 0 Å². The molecule has 4 aromatic carbocycles. The summed E-state index contributed by atoms with van der Waals surface area (Å²) in [5.41, 5.74) is 3.45. The van der Waals surface area contributed by atoms with Gasteiger partial charge in [0.2, 0.25) is 0 Å². The smallest absolute Gasteiger partial charge is 0.00990 e. The first-order valence-corrected chi connectivity index (χ1v) is 7.50. The molecule has 0 N–H and O–H groups in total. The largest absolute Gasteiger partial charge is 0.0905 e. The molecule has 4 rings (SSSR count). The van der Waals surface area contributed by atoms with Crippen molar-refractivity contribution in [2.75, 3.05) is 0 Å².